The molecule has 1 amide bonds. The number of H-pyrrole nitrogens is 1. The molecule has 4 rings (SSSR count). The zero-order valence-corrected chi connectivity index (χ0v) is 13.4. The number of hydrogen-bond acceptors (Lipinski definition) is 4. The van der Waals surface area contributed by atoms with Gasteiger partial charge < -0.3 is 15.4 Å². The number of aromatic amines is 1. The Bertz CT molecular complexity index is 548. The lowest BCUT2D eigenvalue weighted by atomic mass is 9.81. The van der Waals surface area contributed by atoms with Crippen LogP contribution in [0.2, 0.25) is 0 Å². The quantitative estimate of drug-likeness (QED) is 0.762. The van der Waals surface area contributed by atoms with E-state index in [1.54, 1.807) is 0 Å². The van der Waals surface area contributed by atoms with Gasteiger partial charge in [-0.15, -0.1) is 12.4 Å². The predicted octanol–water partition coefficient (Wildman–Crippen LogP) is 1.16. The molecule has 1 saturated heterocycles. The van der Waals surface area contributed by atoms with Crippen molar-refractivity contribution < 1.29 is 9.53 Å². The molecule has 122 valence electrons. The first-order chi connectivity index (χ1) is 10.3. The summed E-state index contributed by atoms with van der Waals surface area (Å²) in [5, 5.41) is 13.8. The summed E-state index contributed by atoms with van der Waals surface area (Å²) in [6.45, 7) is 2.51. The van der Waals surface area contributed by atoms with Gasteiger partial charge in [0.1, 0.15) is 0 Å². The van der Waals surface area contributed by atoms with Crippen molar-refractivity contribution in [3.8, 4) is 0 Å². The van der Waals surface area contributed by atoms with E-state index in [4.69, 9.17) is 4.74 Å². The van der Waals surface area contributed by atoms with E-state index in [1.165, 1.54) is 0 Å². The fourth-order valence-electron chi connectivity index (χ4n) is 4.00. The Labute approximate surface area is 136 Å². The number of hydrogen-bond donors (Lipinski definition) is 3. The number of aromatic nitrogens is 2. The number of carbonyl (C=O) groups is 1. The summed E-state index contributed by atoms with van der Waals surface area (Å²) in [4.78, 5) is 12.6. The summed E-state index contributed by atoms with van der Waals surface area (Å²) in [5.74, 6) is 0.448. The monoisotopic (exact) mass is 326 g/mol. The number of nitrogens with zero attached hydrogens (tertiary/aromatic N) is 1. The number of nitrogens with one attached hydrogen (secondary N) is 3. The van der Waals surface area contributed by atoms with Crippen LogP contribution in [-0.4, -0.2) is 41.4 Å². The fourth-order valence-corrected chi connectivity index (χ4v) is 4.00. The van der Waals surface area contributed by atoms with Crippen molar-refractivity contribution in [2.75, 3.05) is 13.2 Å². The van der Waals surface area contributed by atoms with Crippen LogP contribution in [0.3, 0.4) is 0 Å². The van der Waals surface area contributed by atoms with E-state index in [9.17, 15) is 4.79 Å². The van der Waals surface area contributed by atoms with Gasteiger partial charge in [-0.3, -0.25) is 9.89 Å². The van der Waals surface area contributed by atoms with Crippen LogP contribution in [0.15, 0.2) is 0 Å². The van der Waals surface area contributed by atoms with Crippen molar-refractivity contribution in [1.29, 1.82) is 0 Å². The largest absolute Gasteiger partial charge is 0.378 e. The molecule has 1 saturated carbocycles. The third-order valence-corrected chi connectivity index (χ3v) is 5.12. The minimum Gasteiger partial charge on any atom is -0.378 e. The summed E-state index contributed by atoms with van der Waals surface area (Å²) < 4.78 is 5.77. The van der Waals surface area contributed by atoms with Crippen LogP contribution in [0.4, 0.5) is 0 Å². The normalized spacial score (nSPS) is 30.1. The van der Waals surface area contributed by atoms with Gasteiger partial charge in [0.15, 0.2) is 5.69 Å². The second-order valence-electron chi connectivity index (χ2n) is 6.33. The number of rotatable bonds is 2. The van der Waals surface area contributed by atoms with Crippen LogP contribution in [0.5, 0.6) is 0 Å². The van der Waals surface area contributed by atoms with Gasteiger partial charge in [0.25, 0.3) is 5.91 Å². The van der Waals surface area contributed by atoms with E-state index in [0.717, 1.165) is 63.1 Å². The molecule has 3 heterocycles. The molecule has 1 aromatic rings. The standard InChI is InChI=1S/C15H22N4O2.ClH/c20-15(14-10-8-16-6-4-12(10)18-19-14)17-11-2-1-3-13-9(11)5-7-21-13;/h9,11,13,16H,1-8H2,(H,17,20)(H,18,19);1H. The third-order valence-electron chi connectivity index (χ3n) is 5.12. The van der Waals surface area contributed by atoms with Crippen LogP contribution in [0.25, 0.3) is 0 Å². The first-order valence-corrected chi connectivity index (χ1v) is 8.02. The Morgan fingerprint density at radius 2 is 2.23 bits per heavy atom. The fraction of sp³-hybridized carbons (Fsp3) is 0.733. The molecule has 6 nitrogen and oxygen atoms in total. The first-order valence-electron chi connectivity index (χ1n) is 8.02. The maximum Gasteiger partial charge on any atom is 0.272 e. The number of ether oxygens (including phenoxy) is 1. The van der Waals surface area contributed by atoms with Gasteiger partial charge in [0, 0.05) is 49.3 Å². The average Bonchev–Trinajstić information content (AvgIpc) is 3.14. The van der Waals surface area contributed by atoms with Gasteiger partial charge in [-0.05, 0) is 25.7 Å². The highest BCUT2D eigenvalue weighted by Gasteiger charge is 2.38. The van der Waals surface area contributed by atoms with Crippen molar-refractivity contribution in [2.24, 2.45) is 5.92 Å². The molecule has 0 aromatic carbocycles. The number of carbonyl (C=O) groups excluding carboxylic acids is 1. The van der Waals surface area contributed by atoms with Crippen molar-refractivity contribution in [3.63, 3.8) is 0 Å². The van der Waals surface area contributed by atoms with Crippen molar-refractivity contribution >= 4 is 18.3 Å². The molecule has 3 unspecified atom stereocenters. The first kappa shape index (κ1) is 15.8. The summed E-state index contributed by atoms with van der Waals surface area (Å²) in [6, 6.07) is 0.239. The van der Waals surface area contributed by atoms with Crippen molar-refractivity contribution in [3.05, 3.63) is 17.0 Å². The lowest BCUT2D eigenvalue weighted by molar-refractivity contribution is 0.0509. The van der Waals surface area contributed by atoms with Gasteiger partial charge in [-0.1, -0.05) is 0 Å². The number of fused-ring (bicyclic) bond motifs is 2. The summed E-state index contributed by atoms with van der Waals surface area (Å²) in [7, 11) is 0. The van der Waals surface area contributed by atoms with E-state index in [2.05, 4.69) is 20.8 Å². The molecule has 22 heavy (non-hydrogen) atoms. The molecule has 0 radical (unpaired) electrons. The Morgan fingerprint density at radius 1 is 1.32 bits per heavy atom. The van der Waals surface area contributed by atoms with Crippen LogP contribution >= 0.6 is 12.4 Å². The summed E-state index contributed by atoms with van der Waals surface area (Å²) >= 11 is 0. The highest BCUT2D eigenvalue weighted by molar-refractivity contribution is 5.94. The second-order valence-corrected chi connectivity index (χ2v) is 6.33. The molecule has 3 aliphatic rings. The SMILES string of the molecule is Cl.O=C(NC1CCCC2OCCC12)c1n[nH]c2c1CNCC2. The van der Waals surface area contributed by atoms with Gasteiger partial charge in [0.2, 0.25) is 0 Å². The van der Waals surface area contributed by atoms with Crippen LogP contribution in [-0.2, 0) is 17.7 Å². The minimum atomic E-state index is -0.0336. The van der Waals surface area contributed by atoms with E-state index in [-0.39, 0.29) is 24.4 Å². The minimum absolute atomic E-state index is 0. The van der Waals surface area contributed by atoms with Gasteiger partial charge >= 0.3 is 0 Å². The third kappa shape index (κ3) is 2.75. The lowest BCUT2D eigenvalue weighted by Gasteiger charge is -2.33. The maximum absolute atomic E-state index is 12.6. The molecule has 3 atom stereocenters. The Kier molecular flexibility index (Phi) is 4.70. The lowest BCUT2D eigenvalue weighted by Crippen LogP contribution is -2.46. The zero-order chi connectivity index (χ0) is 14.2. The Morgan fingerprint density at radius 3 is 3.14 bits per heavy atom. The van der Waals surface area contributed by atoms with Gasteiger partial charge in [-0.2, -0.15) is 5.10 Å². The van der Waals surface area contributed by atoms with Crippen molar-refractivity contribution in [1.82, 2.24) is 20.8 Å². The van der Waals surface area contributed by atoms with E-state index >= 15 is 0 Å². The molecule has 0 spiro atoms. The number of halogens is 1. The van der Waals surface area contributed by atoms with E-state index < -0.39 is 0 Å². The molecule has 3 N–H and O–H groups in total. The van der Waals surface area contributed by atoms with E-state index in [0.29, 0.717) is 17.7 Å². The smallest absolute Gasteiger partial charge is 0.272 e. The topological polar surface area (TPSA) is 79.0 Å². The predicted molar refractivity (Wildman–Crippen MR) is 84.2 cm³/mol. The molecule has 0 bridgehead atoms. The summed E-state index contributed by atoms with van der Waals surface area (Å²) in [6.07, 6.45) is 5.65. The second kappa shape index (κ2) is 6.56. The molecular weight excluding hydrogens is 304 g/mol. The van der Waals surface area contributed by atoms with E-state index in [1.807, 2.05) is 0 Å². The van der Waals surface area contributed by atoms with Crippen LogP contribution in [0, 0.1) is 5.92 Å². The molecule has 1 aliphatic carbocycles. The molecule has 1 aromatic heterocycles. The molecule has 2 fully saturated rings. The summed E-state index contributed by atoms with van der Waals surface area (Å²) in [5.41, 5.74) is 2.71. The van der Waals surface area contributed by atoms with Crippen LogP contribution in [0.1, 0.15) is 47.4 Å². The highest BCUT2D eigenvalue weighted by Crippen LogP contribution is 2.34. The number of amides is 1. The zero-order valence-electron chi connectivity index (χ0n) is 12.6. The Hall–Kier alpha value is -1.11. The molecule has 2 aliphatic heterocycles. The molecular formula is C15H23ClN4O2. The molecule has 7 heteroatoms. The highest BCUT2D eigenvalue weighted by atomic mass is 35.5. The Balaban J connectivity index is 0.00000144. The maximum atomic E-state index is 12.6. The van der Waals surface area contributed by atoms with Gasteiger partial charge in [-0.25, -0.2) is 0 Å². The van der Waals surface area contributed by atoms with Crippen molar-refractivity contribution in [2.45, 2.75) is 50.8 Å². The van der Waals surface area contributed by atoms with Gasteiger partial charge in [0.05, 0.1) is 6.10 Å². The van der Waals surface area contributed by atoms with Crippen LogP contribution < -0.4 is 10.6 Å². The average molecular weight is 327 g/mol.